The van der Waals surface area contributed by atoms with E-state index >= 15 is 0 Å². The molecule has 0 spiro atoms. The van der Waals surface area contributed by atoms with Gasteiger partial charge in [-0.2, -0.15) is 0 Å². The lowest BCUT2D eigenvalue weighted by molar-refractivity contribution is -0.121. The van der Waals surface area contributed by atoms with E-state index in [1.807, 2.05) is 32.0 Å². The van der Waals surface area contributed by atoms with Crippen molar-refractivity contribution < 1.29 is 18.7 Å². The van der Waals surface area contributed by atoms with Crippen LogP contribution in [0.15, 0.2) is 42.5 Å². The number of methoxy groups -OCH3 is 1. The summed E-state index contributed by atoms with van der Waals surface area (Å²) >= 11 is 0. The molecule has 0 heterocycles. The monoisotopic (exact) mass is 343 g/mol. The van der Waals surface area contributed by atoms with Gasteiger partial charge in [0, 0.05) is 24.0 Å². The van der Waals surface area contributed by atoms with Crippen LogP contribution in [-0.4, -0.2) is 18.8 Å². The molecule has 1 N–H and O–H groups in total. The number of nitrogens with one attached hydrogen (secondary N) is 1. The molecule has 4 nitrogen and oxygen atoms in total. The molecule has 0 saturated carbocycles. The van der Waals surface area contributed by atoms with E-state index in [1.54, 1.807) is 7.11 Å². The third-order valence-corrected chi connectivity index (χ3v) is 3.97. The van der Waals surface area contributed by atoms with Gasteiger partial charge < -0.3 is 10.1 Å². The molecule has 2 aromatic rings. The number of hydrogen-bond acceptors (Lipinski definition) is 3. The Labute approximate surface area is 147 Å². The number of carbonyl (C=O) groups excluding carboxylic acids is 2. The van der Waals surface area contributed by atoms with Crippen molar-refractivity contribution in [1.82, 2.24) is 5.32 Å². The summed E-state index contributed by atoms with van der Waals surface area (Å²) in [6.07, 6.45) is 0.157. The van der Waals surface area contributed by atoms with Crippen molar-refractivity contribution in [2.75, 3.05) is 7.11 Å². The molecular weight excluding hydrogens is 321 g/mol. The van der Waals surface area contributed by atoms with Crippen LogP contribution in [0.2, 0.25) is 0 Å². The highest BCUT2D eigenvalue weighted by Gasteiger charge is 2.15. The summed E-state index contributed by atoms with van der Waals surface area (Å²) in [7, 11) is 1.59. The lowest BCUT2D eigenvalue weighted by Crippen LogP contribution is -2.27. The normalized spacial score (nSPS) is 11.7. The van der Waals surface area contributed by atoms with Crippen molar-refractivity contribution in [3.05, 3.63) is 65.0 Å². The zero-order valence-electron chi connectivity index (χ0n) is 14.6. The number of aryl methyl sites for hydroxylation is 1. The van der Waals surface area contributed by atoms with Crippen LogP contribution in [0.1, 0.15) is 47.3 Å². The Kier molecular flexibility index (Phi) is 6.28. The van der Waals surface area contributed by atoms with Crippen LogP contribution in [0, 0.1) is 12.7 Å². The Balaban J connectivity index is 1.92. The van der Waals surface area contributed by atoms with Crippen LogP contribution in [0.5, 0.6) is 5.75 Å². The highest BCUT2D eigenvalue weighted by molar-refractivity contribution is 5.97. The van der Waals surface area contributed by atoms with Crippen molar-refractivity contribution in [2.24, 2.45) is 0 Å². The van der Waals surface area contributed by atoms with E-state index in [1.165, 1.54) is 24.3 Å². The molecule has 0 aliphatic rings. The smallest absolute Gasteiger partial charge is 0.220 e. The average Bonchev–Trinajstić information content (AvgIpc) is 2.60. The van der Waals surface area contributed by atoms with E-state index in [-0.39, 0.29) is 30.6 Å². The Morgan fingerprint density at radius 1 is 1.12 bits per heavy atom. The van der Waals surface area contributed by atoms with E-state index in [2.05, 4.69) is 5.32 Å². The highest BCUT2D eigenvalue weighted by atomic mass is 19.1. The number of benzene rings is 2. The Hall–Kier alpha value is -2.69. The number of ether oxygens (including phenoxy) is 1. The van der Waals surface area contributed by atoms with Crippen LogP contribution in [0.25, 0.3) is 0 Å². The standard InChI is InChI=1S/C20H22FNO3/c1-13-4-10-19(25-3)17(12-13)14(2)22-20(24)11-9-18(23)15-5-7-16(21)8-6-15/h4-8,10,12,14H,9,11H2,1-3H3,(H,22,24). The fourth-order valence-electron chi connectivity index (χ4n) is 2.59. The first-order valence-corrected chi connectivity index (χ1v) is 8.13. The number of carbonyl (C=O) groups is 2. The van der Waals surface area contributed by atoms with E-state index in [0.29, 0.717) is 11.3 Å². The van der Waals surface area contributed by atoms with E-state index in [9.17, 15) is 14.0 Å². The number of amides is 1. The highest BCUT2D eigenvalue weighted by Crippen LogP contribution is 2.26. The first kappa shape index (κ1) is 18.6. The summed E-state index contributed by atoms with van der Waals surface area (Å²) in [5, 5.41) is 2.88. The van der Waals surface area contributed by atoms with Crippen molar-refractivity contribution in [3.8, 4) is 5.75 Å². The summed E-state index contributed by atoms with van der Waals surface area (Å²) in [4.78, 5) is 24.2. The molecule has 2 aromatic carbocycles. The topological polar surface area (TPSA) is 55.4 Å². The van der Waals surface area contributed by atoms with Gasteiger partial charge in [-0.25, -0.2) is 4.39 Å². The van der Waals surface area contributed by atoms with Crippen LogP contribution in [-0.2, 0) is 4.79 Å². The quantitative estimate of drug-likeness (QED) is 0.774. The summed E-state index contributed by atoms with van der Waals surface area (Å²) in [5.41, 5.74) is 2.37. The minimum atomic E-state index is -0.393. The number of halogens is 1. The van der Waals surface area contributed by atoms with Gasteiger partial charge in [0.1, 0.15) is 11.6 Å². The summed E-state index contributed by atoms with van der Waals surface area (Å²) < 4.78 is 18.2. The van der Waals surface area contributed by atoms with Gasteiger partial charge in [-0.1, -0.05) is 17.7 Å². The molecule has 1 unspecified atom stereocenters. The fourth-order valence-corrected chi connectivity index (χ4v) is 2.59. The second-order valence-electron chi connectivity index (χ2n) is 5.96. The van der Waals surface area contributed by atoms with Crippen LogP contribution < -0.4 is 10.1 Å². The van der Waals surface area contributed by atoms with Gasteiger partial charge in [-0.3, -0.25) is 9.59 Å². The number of rotatable bonds is 7. The molecule has 1 atom stereocenters. The minimum absolute atomic E-state index is 0.0781. The summed E-state index contributed by atoms with van der Waals surface area (Å²) in [6.45, 7) is 3.84. The molecule has 25 heavy (non-hydrogen) atoms. The third-order valence-electron chi connectivity index (χ3n) is 3.97. The SMILES string of the molecule is COc1ccc(C)cc1C(C)NC(=O)CCC(=O)c1ccc(F)cc1. The van der Waals surface area contributed by atoms with Crippen LogP contribution >= 0.6 is 0 Å². The molecule has 0 fully saturated rings. The molecule has 5 heteroatoms. The maximum atomic E-state index is 12.9. The molecular formula is C20H22FNO3. The third kappa shape index (κ3) is 5.14. The zero-order chi connectivity index (χ0) is 18.4. The van der Waals surface area contributed by atoms with Crippen molar-refractivity contribution in [2.45, 2.75) is 32.7 Å². The van der Waals surface area contributed by atoms with Crippen LogP contribution in [0.4, 0.5) is 4.39 Å². The summed E-state index contributed by atoms with van der Waals surface area (Å²) in [5.74, 6) is -0.0848. The van der Waals surface area contributed by atoms with E-state index < -0.39 is 5.82 Å². The maximum absolute atomic E-state index is 12.9. The summed E-state index contributed by atoms with van der Waals surface area (Å²) in [6, 6.07) is 10.9. The van der Waals surface area contributed by atoms with Crippen molar-refractivity contribution in [1.29, 1.82) is 0 Å². The van der Waals surface area contributed by atoms with Gasteiger partial charge in [0.25, 0.3) is 0 Å². The van der Waals surface area contributed by atoms with E-state index in [0.717, 1.165) is 11.1 Å². The van der Waals surface area contributed by atoms with Gasteiger partial charge in [-0.05, 0) is 44.2 Å². The van der Waals surface area contributed by atoms with Crippen molar-refractivity contribution >= 4 is 11.7 Å². The maximum Gasteiger partial charge on any atom is 0.220 e. The van der Waals surface area contributed by atoms with Gasteiger partial charge in [0.2, 0.25) is 5.91 Å². The lowest BCUT2D eigenvalue weighted by atomic mass is 10.0. The van der Waals surface area contributed by atoms with Gasteiger partial charge in [-0.15, -0.1) is 0 Å². The average molecular weight is 343 g/mol. The molecule has 0 radical (unpaired) electrons. The Morgan fingerprint density at radius 3 is 2.44 bits per heavy atom. The van der Waals surface area contributed by atoms with Gasteiger partial charge in [0.15, 0.2) is 5.78 Å². The molecule has 132 valence electrons. The Bertz CT molecular complexity index is 756. The zero-order valence-corrected chi connectivity index (χ0v) is 14.6. The number of ketones is 1. The van der Waals surface area contributed by atoms with Crippen LogP contribution in [0.3, 0.4) is 0 Å². The first-order chi connectivity index (χ1) is 11.9. The molecule has 0 aromatic heterocycles. The minimum Gasteiger partial charge on any atom is -0.496 e. The molecule has 0 aliphatic heterocycles. The number of hydrogen-bond donors (Lipinski definition) is 1. The second-order valence-corrected chi connectivity index (χ2v) is 5.96. The largest absolute Gasteiger partial charge is 0.496 e. The van der Waals surface area contributed by atoms with Crippen molar-refractivity contribution in [3.63, 3.8) is 0 Å². The molecule has 2 rings (SSSR count). The molecule has 0 aliphatic carbocycles. The van der Waals surface area contributed by atoms with Gasteiger partial charge in [0.05, 0.1) is 13.2 Å². The number of Topliss-reactive ketones (excluding diaryl/α,β-unsaturated/α-hetero) is 1. The fraction of sp³-hybridized carbons (Fsp3) is 0.300. The molecule has 0 saturated heterocycles. The van der Waals surface area contributed by atoms with E-state index in [4.69, 9.17) is 4.74 Å². The Morgan fingerprint density at radius 2 is 1.80 bits per heavy atom. The lowest BCUT2D eigenvalue weighted by Gasteiger charge is -2.18. The second kappa shape index (κ2) is 8.42. The molecule has 0 bridgehead atoms. The van der Waals surface area contributed by atoms with Gasteiger partial charge >= 0.3 is 0 Å². The predicted octanol–water partition coefficient (Wildman–Crippen LogP) is 3.98. The first-order valence-electron chi connectivity index (χ1n) is 8.13. The molecule has 1 amide bonds. The predicted molar refractivity (Wildman–Crippen MR) is 94.3 cm³/mol.